The van der Waals surface area contributed by atoms with Gasteiger partial charge in [-0.25, -0.2) is 0 Å². The van der Waals surface area contributed by atoms with Crippen LogP contribution in [-0.4, -0.2) is 0 Å². The van der Waals surface area contributed by atoms with E-state index in [0.29, 0.717) is 11.5 Å². The van der Waals surface area contributed by atoms with Crippen molar-refractivity contribution >= 4 is 5.57 Å². The van der Waals surface area contributed by atoms with Gasteiger partial charge >= 0.3 is 0 Å². The average Bonchev–Trinajstić information content (AvgIpc) is 2.44. The third kappa shape index (κ3) is 4.41. The highest BCUT2D eigenvalue weighted by Crippen LogP contribution is 2.18. The van der Waals surface area contributed by atoms with E-state index in [-0.39, 0.29) is 0 Å². The third-order valence-electron chi connectivity index (χ3n) is 2.34. The molecule has 0 aliphatic carbocycles. The molecule has 0 heterocycles. The van der Waals surface area contributed by atoms with Crippen LogP contribution in [0.5, 0.6) is 5.75 Å². The Hall–Kier alpha value is -2.98. The Kier molecular flexibility index (Phi) is 5.46. The quantitative estimate of drug-likeness (QED) is 0.457. The van der Waals surface area contributed by atoms with Crippen LogP contribution in [0.15, 0.2) is 54.8 Å². The summed E-state index contributed by atoms with van der Waals surface area (Å²) in [5.41, 5.74) is 1.95. The van der Waals surface area contributed by atoms with Crippen molar-refractivity contribution in [3.05, 3.63) is 60.4 Å². The average molecular weight is 252 g/mol. The molecule has 0 atom stereocenters. The molecule has 0 spiro atoms. The lowest BCUT2D eigenvalue weighted by Gasteiger charge is -2.02. The first-order chi connectivity index (χ1) is 9.21. The zero-order valence-corrected chi connectivity index (χ0v) is 10.5. The van der Waals surface area contributed by atoms with E-state index in [0.717, 1.165) is 11.1 Å². The molecule has 19 heavy (non-hydrogen) atoms. The molecule has 94 valence electrons. The van der Waals surface area contributed by atoms with Gasteiger partial charge in [0.2, 0.25) is 0 Å². The molecule has 4 heteroatoms. The largest absolute Gasteiger partial charge is 0.388 e. The Balaban J connectivity index is 2.88. The summed E-state index contributed by atoms with van der Waals surface area (Å²) in [5, 5.41) is 16.8. The lowest BCUT2D eigenvalue weighted by molar-refractivity contribution is 0.393. The number of nitriles is 2. The maximum Gasteiger partial charge on any atom is 0.292 e. The normalized spacial score (nSPS) is 11.1. The molecule has 0 aromatic heterocycles. The first-order valence-corrected chi connectivity index (χ1v) is 5.44. The molecule has 0 aliphatic heterocycles. The van der Waals surface area contributed by atoms with Crippen LogP contribution in [0.2, 0.25) is 0 Å². The van der Waals surface area contributed by atoms with Gasteiger partial charge in [0.15, 0.2) is 0 Å². The van der Waals surface area contributed by atoms with E-state index in [2.05, 4.69) is 11.3 Å². The fraction of sp³-hybridized carbons (Fsp3) is 0.0667. The smallest absolute Gasteiger partial charge is 0.292 e. The van der Waals surface area contributed by atoms with Crippen LogP contribution in [0.3, 0.4) is 0 Å². The number of allylic oxidation sites excluding steroid dienone is 4. The maximum atomic E-state index is 8.41. The molecule has 0 unspecified atom stereocenters. The van der Waals surface area contributed by atoms with Gasteiger partial charge in [0.05, 0.1) is 0 Å². The molecule has 0 aliphatic rings. The minimum absolute atomic E-state index is 0.381. The number of rotatable bonds is 5. The fourth-order valence-corrected chi connectivity index (χ4v) is 1.34. The first kappa shape index (κ1) is 14.1. The number of nitrogens with zero attached hydrogens (tertiary/aromatic N) is 2. The van der Waals surface area contributed by atoms with Crippen molar-refractivity contribution < 1.29 is 9.47 Å². The second-order valence-corrected chi connectivity index (χ2v) is 3.53. The molecule has 0 amide bonds. The summed E-state index contributed by atoms with van der Waals surface area (Å²) in [4.78, 5) is 0. The van der Waals surface area contributed by atoms with Crippen molar-refractivity contribution in [2.75, 3.05) is 0 Å². The topological polar surface area (TPSA) is 66.0 Å². The van der Waals surface area contributed by atoms with Crippen LogP contribution in [0.4, 0.5) is 0 Å². The van der Waals surface area contributed by atoms with Gasteiger partial charge in [-0.05, 0) is 42.3 Å². The third-order valence-corrected chi connectivity index (χ3v) is 2.34. The Morgan fingerprint density at radius 1 is 1.16 bits per heavy atom. The van der Waals surface area contributed by atoms with E-state index in [1.54, 1.807) is 30.7 Å². The zero-order chi connectivity index (χ0) is 14.1. The summed E-state index contributed by atoms with van der Waals surface area (Å²) in [6, 6.07) is 7.09. The minimum Gasteiger partial charge on any atom is -0.388 e. The number of benzene rings is 1. The monoisotopic (exact) mass is 252 g/mol. The van der Waals surface area contributed by atoms with Gasteiger partial charge in [0.25, 0.3) is 12.5 Å². The van der Waals surface area contributed by atoms with Gasteiger partial charge in [-0.1, -0.05) is 24.8 Å². The molecule has 0 fully saturated rings. The lowest BCUT2D eigenvalue weighted by Crippen LogP contribution is -1.84. The second kappa shape index (κ2) is 7.37. The highest BCUT2D eigenvalue weighted by molar-refractivity contribution is 5.65. The van der Waals surface area contributed by atoms with Crippen molar-refractivity contribution in [3.8, 4) is 18.3 Å². The molecule has 0 radical (unpaired) electrons. The van der Waals surface area contributed by atoms with Crippen LogP contribution in [-0.2, 0) is 4.74 Å². The molecular formula is C15H12N2O2. The van der Waals surface area contributed by atoms with Crippen molar-refractivity contribution in [2.24, 2.45) is 0 Å². The highest BCUT2D eigenvalue weighted by atomic mass is 16.5. The number of ether oxygens (including phenoxy) is 2. The van der Waals surface area contributed by atoms with Crippen LogP contribution < -0.4 is 4.74 Å². The number of hydrogen-bond acceptors (Lipinski definition) is 4. The molecule has 1 aromatic carbocycles. The van der Waals surface area contributed by atoms with Gasteiger partial charge in [0.1, 0.15) is 11.5 Å². The summed E-state index contributed by atoms with van der Waals surface area (Å²) in [6.45, 7) is 5.46. The summed E-state index contributed by atoms with van der Waals surface area (Å²) < 4.78 is 9.37. The SMILES string of the molecule is C=C/C(=C\C=C(/C)c1ccc(OC#N)cc1)OC#N. The Morgan fingerprint density at radius 2 is 1.84 bits per heavy atom. The molecule has 0 saturated carbocycles. The molecule has 1 aromatic rings. The Labute approximate surface area is 112 Å². The fourth-order valence-electron chi connectivity index (χ4n) is 1.34. The van der Waals surface area contributed by atoms with Gasteiger partial charge < -0.3 is 9.47 Å². The van der Waals surface area contributed by atoms with Crippen molar-refractivity contribution in [1.29, 1.82) is 10.5 Å². The van der Waals surface area contributed by atoms with Gasteiger partial charge in [-0.3, -0.25) is 0 Å². The summed E-state index contributed by atoms with van der Waals surface area (Å²) in [5.74, 6) is 0.875. The van der Waals surface area contributed by atoms with Crippen LogP contribution in [0, 0.1) is 23.0 Å². The Morgan fingerprint density at radius 3 is 2.37 bits per heavy atom. The number of hydrogen-bond donors (Lipinski definition) is 0. The van der Waals surface area contributed by atoms with Gasteiger partial charge in [-0.15, -0.1) is 10.5 Å². The van der Waals surface area contributed by atoms with E-state index >= 15 is 0 Å². The molecule has 0 bridgehead atoms. The molecule has 0 N–H and O–H groups in total. The second-order valence-electron chi connectivity index (χ2n) is 3.53. The summed E-state index contributed by atoms with van der Waals surface area (Å²) in [7, 11) is 0. The van der Waals surface area contributed by atoms with E-state index in [1.807, 2.05) is 25.1 Å². The van der Waals surface area contributed by atoms with Gasteiger partial charge in [-0.2, -0.15) is 0 Å². The zero-order valence-electron chi connectivity index (χ0n) is 10.5. The first-order valence-electron chi connectivity index (χ1n) is 5.44. The van der Waals surface area contributed by atoms with Crippen LogP contribution >= 0.6 is 0 Å². The predicted octanol–water partition coefficient (Wildman–Crippen LogP) is 3.52. The van der Waals surface area contributed by atoms with Crippen LogP contribution in [0.25, 0.3) is 5.57 Å². The molecular weight excluding hydrogens is 240 g/mol. The molecule has 4 nitrogen and oxygen atoms in total. The predicted molar refractivity (Wildman–Crippen MR) is 71.3 cm³/mol. The van der Waals surface area contributed by atoms with Gasteiger partial charge in [0, 0.05) is 0 Å². The molecule has 1 rings (SSSR count). The standard InChI is InChI=1S/C15H12N2O2/c1-3-14(18-10-16)7-4-12(2)13-5-8-15(9-6-13)19-11-17/h3-9H,1H2,2H3/b12-4+,14-7+. The lowest BCUT2D eigenvalue weighted by atomic mass is 10.1. The summed E-state index contributed by atoms with van der Waals surface area (Å²) in [6.07, 6.45) is 8.13. The molecule has 0 saturated heterocycles. The summed E-state index contributed by atoms with van der Waals surface area (Å²) >= 11 is 0. The van der Waals surface area contributed by atoms with Crippen molar-refractivity contribution in [1.82, 2.24) is 0 Å². The van der Waals surface area contributed by atoms with Crippen molar-refractivity contribution in [2.45, 2.75) is 6.92 Å². The van der Waals surface area contributed by atoms with E-state index in [1.165, 1.54) is 6.08 Å². The van der Waals surface area contributed by atoms with Crippen LogP contribution in [0.1, 0.15) is 12.5 Å². The Bertz CT molecular complexity index is 584. The van der Waals surface area contributed by atoms with E-state index in [9.17, 15) is 0 Å². The van der Waals surface area contributed by atoms with E-state index in [4.69, 9.17) is 15.3 Å². The van der Waals surface area contributed by atoms with Crippen molar-refractivity contribution in [3.63, 3.8) is 0 Å². The highest BCUT2D eigenvalue weighted by Gasteiger charge is 1.97. The van der Waals surface area contributed by atoms with E-state index < -0.39 is 0 Å². The maximum absolute atomic E-state index is 8.41. The minimum atomic E-state index is 0.381.